The minimum Gasteiger partial charge on any atom is -1.00 e. The zero-order chi connectivity index (χ0) is 108. The minimum atomic E-state index is -1.61. The Labute approximate surface area is 1050 Å². The first kappa shape index (κ1) is 158. The third kappa shape index (κ3) is 89.9. The predicted molar refractivity (Wildman–Crippen MR) is 605 cm³/mol. The molecule has 2 atom stereocenters. The molecule has 22 nitrogen and oxygen atoms in total. The molecule has 3 heterocycles. The van der Waals surface area contributed by atoms with Gasteiger partial charge in [-0.1, -0.05) is 409 Å². The maximum absolute atomic E-state index is 12.0. The van der Waals surface area contributed by atoms with Crippen LogP contribution in [-0.2, 0) is 66.4 Å². The number of ether oxygens (including phenoxy) is 13. The van der Waals surface area contributed by atoms with Crippen molar-refractivity contribution in [1.82, 2.24) is 0 Å². The number of nitrogens with zero attached hydrogens (tertiary/aromatic N) is 4. The molecule has 2 aliphatic carbocycles. The number of allylic oxidation sites excluding steroid dienone is 4. The average molecular weight is 2940 g/mol. The number of alkyl halides is 31. The molecule has 0 saturated heterocycles. The molecule has 1 fully saturated rings. The van der Waals surface area contributed by atoms with E-state index in [0.717, 1.165) is 69.6 Å². The van der Waals surface area contributed by atoms with Crippen molar-refractivity contribution >= 4 is 444 Å². The van der Waals surface area contributed by atoms with Crippen LogP contribution in [0.15, 0.2) is 64.6 Å². The quantitative estimate of drug-likeness (QED) is 0.0168. The molecular formula is C81H119Br5Cl30Li2N5O17P-2. The molecule has 0 aromatic carbocycles. The van der Waals surface area contributed by atoms with E-state index in [2.05, 4.69) is 96.2 Å². The summed E-state index contributed by atoms with van der Waals surface area (Å²) in [7, 11) is 0. The summed E-state index contributed by atoms with van der Waals surface area (Å²) < 4.78 is 56.3. The topological polar surface area (TPSA) is 276 Å². The second-order valence-electron chi connectivity index (χ2n) is 34.4. The van der Waals surface area contributed by atoms with Crippen LogP contribution in [0.4, 0.5) is 0 Å². The van der Waals surface area contributed by atoms with Gasteiger partial charge in [-0.15, -0.1) is 5.57 Å². The van der Waals surface area contributed by atoms with E-state index in [1.807, 2.05) is 62.3 Å². The first-order chi connectivity index (χ1) is 62.1. The number of rotatable bonds is 42. The van der Waals surface area contributed by atoms with Crippen LogP contribution in [0.5, 0.6) is 0 Å². The van der Waals surface area contributed by atoms with Gasteiger partial charge < -0.3 is 106 Å². The third-order valence-electron chi connectivity index (χ3n) is 17.7. The number of halogens is 35. The molecule has 141 heavy (non-hydrogen) atoms. The van der Waals surface area contributed by atoms with Gasteiger partial charge in [-0.3, -0.25) is 9.79 Å². The van der Waals surface area contributed by atoms with Gasteiger partial charge in [0.15, 0.2) is 37.2 Å². The van der Waals surface area contributed by atoms with Crippen LogP contribution in [0.25, 0.3) is 0 Å². The molecule has 5 rings (SSSR count). The molecule has 1 saturated carbocycles. The van der Waals surface area contributed by atoms with Crippen molar-refractivity contribution in [3.63, 3.8) is 0 Å². The Kier molecular flexibility index (Phi) is 83.6. The van der Waals surface area contributed by atoms with Gasteiger partial charge in [0, 0.05) is 53.4 Å². The van der Waals surface area contributed by atoms with E-state index in [-0.39, 0.29) is 168 Å². The fourth-order valence-electron chi connectivity index (χ4n) is 11.4. The molecule has 0 aromatic heterocycles. The van der Waals surface area contributed by atoms with Crippen molar-refractivity contribution in [3.8, 4) is 0 Å². The summed E-state index contributed by atoms with van der Waals surface area (Å²) in [4.78, 5) is 29.6. The van der Waals surface area contributed by atoms with E-state index in [4.69, 9.17) is 420 Å². The van der Waals surface area contributed by atoms with Crippen LogP contribution < -0.4 is 65.5 Å². The first-order valence-electron chi connectivity index (χ1n) is 41.3. The SMILES string of the molecule is BrP(Br)Br.C/C(CBr)=C(\CCC(OCC(Cl)(Cl)Cl)OCC(Cl)(Cl)Cl)C1=NC(C)(C)CO1.C/C(CO)=C(\CCC(OCC(Cl)(Cl)Cl)OCC(Cl)(Cl)Cl)C1=NC(C)(C)CO1.CC(C)(N)CO.CC1=C(CCC(OCC(Cl)(Cl)Cl)OCC(Cl)(Cl)Cl)CCC1=O.CC1CCC(=NC(C)(C)[O-])C1CCC(OCC(Cl)(Cl)Cl)OCC(Cl)(Cl)Cl.[Br-].[CH2-]/C(C)=C(/CCC(OCC(Cl)(Cl)Cl)OCC(Cl)(Cl)Cl)C1=NC(C)(C)CO1.[H-].[Li+].[Li+]. The molecule has 3 aliphatic heterocycles. The molecule has 0 amide bonds. The summed E-state index contributed by atoms with van der Waals surface area (Å²) in [6, 6.07) is 0. The van der Waals surface area contributed by atoms with Crippen molar-refractivity contribution in [2.75, 3.05) is 104 Å². The predicted octanol–water partition coefficient (Wildman–Crippen LogP) is 23.6. The Bertz CT molecular complexity index is 3650. The van der Waals surface area contributed by atoms with Crippen LogP contribution in [-0.4, -0.2) is 241 Å². The van der Waals surface area contributed by atoms with Crippen LogP contribution in [0, 0.1) is 18.8 Å². The van der Waals surface area contributed by atoms with Gasteiger partial charge in [0.2, 0.25) is 49.7 Å². The zero-order valence-corrected chi connectivity index (χ0v) is 112. The Balaban J connectivity index is -0.000000394. The molecule has 824 valence electrons. The molecule has 0 aromatic rings. The van der Waals surface area contributed by atoms with Crippen molar-refractivity contribution in [3.05, 3.63) is 51.5 Å². The van der Waals surface area contributed by atoms with Crippen molar-refractivity contribution < 1.29 is 138 Å². The molecule has 4 N–H and O–H groups in total. The summed E-state index contributed by atoms with van der Waals surface area (Å²) in [5.41, 5.74) is 10.8. The van der Waals surface area contributed by atoms with Gasteiger partial charge in [0.25, 0.3) is 0 Å². The minimum absolute atomic E-state index is 0. The zero-order valence-electron chi connectivity index (χ0n) is 81.0. The van der Waals surface area contributed by atoms with E-state index in [1.54, 1.807) is 34.6 Å². The van der Waals surface area contributed by atoms with E-state index in [9.17, 15) is 15.0 Å². The monoisotopic (exact) mass is 2920 g/mol. The Morgan fingerprint density at radius 1 is 0.482 bits per heavy atom. The van der Waals surface area contributed by atoms with Crippen molar-refractivity contribution in [2.45, 2.75) is 291 Å². The second kappa shape index (κ2) is 74.5. The summed E-state index contributed by atoms with van der Waals surface area (Å²) in [6.07, 6.45) is 4.49. The van der Waals surface area contributed by atoms with Crippen molar-refractivity contribution in [2.24, 2.45) is 37.5 Å². The Morgan fingerprint density at radius 3 is 0.943 bits per heavy atom. The van der Waals surface area contributed by atoms with Crippen LogP contribution in [0.3, 0.4) is 0 Å². The molecule has 0 spiro atoms. The van der Waals surface area contributed by atoms with Gasteiger partial charge >= 0.3 is 37.7 Å². The number of aliphatic imine (C=N–C) groups is 4. The molecule has 2 unspecified atom stereocenters. The van der Waals surface area contributed by atoms with Gasteiger partial charge in [-0.05, 0) is 209 Å². The summed E-state index contributed by atoms with van der Waals surface area (Å²) in [6.45, 7) is 31.9. The van der Waals surface area contributed by atoms with Crippen LogP contribution in [0.2, 0.25) is 0 Å². The molecule has 0 radical (unpaired) electrons. The number of aliphatic hydroxyl groups is 2. The maximum Gasteiger partial charge on any atom is 1.00 e. The van der Waals surface area contributed by atoms with E-state index >= 15 is 0 Å². The summed E-state index contributed by atoms with van der Waals surface area (Å²) in [5.74, 6) is 2.46. The third-order valence-corrected chi connectivity index (χ3v) is 21.8. The fraction of sp³-hybridized carbons (Fsp3) is 0.827. The van der Waals surface area contributed by atoms with Crippen molar-refractivity contribution in [1.29, 1.82) is 0 Å². The van der Waals surface area contributed by atoms with E-state index < -0.39 is 80.6 Å². The molecule has 60 heteroatoms. The number of carbonyl (C=O) groups is 1. The number of hydrogen-bond acceptors (Lipinski definition) is 22. The molecule has 0 bridgehead atoms. The standard InChI is InChI=1S/C16H22BrCl6NO3.C16H23Cl6NO4.C16H22Cl6NO3.C16H24Cl6NO3.C13H16Cl6O3.C4H11NO.Br3P.BrH.2Li.H/c1-10(6-17)11(13-24-14(2,3)7-27-13)4-5-12(25-8-15(18,19)20)26-9-16(21,22)23;1-10(6-24)11(13-23-14(2,3)7-27-13)4-5-12(25-8-15(17,18)19)26-9-16(20,21)22;1-10(2)11(13-23-14(3,4)7-26-13)5-6-12(24-8-15(17,18)19)25-9-16(20,21)22;1-10-4-6-12(23-14(2,3)24)11(10)5-7-13(25-8-15(17,18)19)26-9-16(20,21)22;1-8-9(2-4-10(8)20)3-5-11(21-6-12(14,15)16)22-7-13(17,18)19;1-4(2,5)3-6;1-4(2)3;;;;/h12H,4-9H2,1-3H3;12,24H,4-9H2,1-3H3;12H,1,5-9H2,2-4H3;10-11,13H,4-9H2,1-3H3;11H,2-7H2,1H3;6H,3,5H2,1-2H3;;1H;;;/q;;2*-1;;;;;2*+1;-1/p-1/b2*11-10-;11-10+;;;;;;;;. The number of hydrogen-bond donors (Lipinski definition) is 3. The summed E-state index contributed by atoms with van der Waals surface area (Å²) >= 11 is 185. The normalized spacial score (nSPS) is 18.3. The largest absolute Gasteiger partial charge is 1.00 e. The summed E-state index contributed by atoms with van der Waals surface area (Å²) in [5, 5.41) is 30.5. The van der Waals surface area contributed by atoms with E-state index in [0.29, 0.717) is 119 Å². The number of aliphatic hydroxyl groups excluding tert-OH is 2. The van der Waals surface area contributed by atoms with Gasteiger partial charge in [-0.25, -0.2) is 22.5 Å². The molecular weight excluding hydrogens is 2820 g/mol. The second-order valence-corrected chi connectivity index (χ2v) is 75.5. The Hall–Kier alpha value is 8.74. The van der Waals surface area contributed by atoms with Crippen LogP contribution in [0.1, 0.15) is 195 Å². The van der Waals surface area contributed by atoms with Gasteiger partial charge in [0.05, 0.1) is 95.9 Å². The smallest absolute Gasteiger partial charge is 1.00 e. The fourth-order valence-corrected chi connectivity index (χ4v) is 13.6. The number of Topliss-reactive ketones (excluding diaryl/α,β-unsaturated/α-hetero) is 1. The number of ketones is 1. The number of carbonyl (C=O) groups excluding carboxylic acids is 1. The Morgan fingerprint density at radius 2 is 0.730 bits per heavy atom. The van der Waals surface area contributed by atoms with E-state index in [1.165, 1.54) is 0 Å². The number of nitrogens with two attached hydrogens (primary N) is 1. The first-order valence-corrected chi connectivity index (χ1v) is 61.2. The molecule has 5 aliphatic rings. The van der Waals surface area contributed by atoms with Crippen LogP contribution >= 0.6 is 414 Å². The average Bonchev–Trinajstić information content (AvgIpc) is 1.69. The van der Waals surface area contributed by atoms with Gasteiger partial charge in [-0.2, -0.15) is 0 Å². The maximum atomic E-state index is 12.0. The van der Waals surface area contributed by atoms with Gasteiger partial charge in [0.1, 0.15) is 29.7 Å².